The van der Waals surface area contributed by atoms with Crippen molar-refractivity contribution in [1.29, 1.82) is 0 Å². The molecule has 4 rings (SSSR count). The molecule has 11 N–H and O–H groups in total. The monoisotopic (exact) mass is 641 g/mol. The van der Waals surface area contributed by atoms with Crippen LogP contribution in [0.5, 0.6) is 5.75 Å². The number of carbonyl (C=O) groups excluding carboxylic acids is 1. The Balaban J connectivity index is 0.00000323. The average molecular weight is 642 g/mol. The van der Waals surface area contributed by atoms with Crippen molar-refractivity contribution in [3.8, 4) is 5.75 Å². The molecule has 0 saturated heterocycles. The molecule has 0 unspecified atom stereocenters. The number of phosphoric ester groups is 1. The lowest BCUT2D eigenvalue weighted by Crippen LogP contribution is -2.29. The van der Waals surface area contributed by atoms with Crippen molar-refractivity contribution in [2.45, 2.75) is 19.8 Å². The van der Waals surface area contributed by atoms with Crippen LogP contribution in [0.1, 0.15) is 19.0 Å². The van der Waals surface area contributed by atoms with Crippen LogP contribution < -0.4 is 15.4 Å². The highest BCUT2D eigenvalue weighted by atomic mass is 31.2. The van der Waals surface area contributed by atoms with Gasteiger partial charge in [0, 0.05) is 42.0 Å². The van der Waals surface area contributed by atoms with Crippen LogP contribution in [-0.2, 0) is 20.3 Å². The molecule has 1 amide bonds. The van der Waals surface area contributed by atoms with E-state index in [1.165, 1.54) is 24.5 Å². The van der Waals surface area contributed by atoms with Gasteiger partial charge in [0.2, 0.25) is 5.91 Å². The standard InChI is InChI=1S/C26H31FN7O6P.3H2O/c1-2-34(10-12-40-41(36,37)38)9-4-11-39-21-7-8-22-23(16-21)28-17-29-26(22)31-24-14-20(32-33-24)15-25(35)30-19-6-3-5-18(27)13-19;;;/h3,5-8,13-14,16-17H,2,4,9-12,15H2,1H3,(H,30,35)(H2,36,37,38)(H2,28,29,31,32,33);3*1H2. The zero-order valence-electron chi connectivity index (χ0n) is 23.8. The molecular weight excluding hydrogens is 604 g/mol. The minimum Gasteiger partial charge on any atom is -0.493 e. The number of H-pyrrole nitrogens is 1. The predicted octanol–water partition coefficient (Wildman–Crippen LogP) is 1.14. The number of benzene rings is 2. The van der Waals surface area contributed by atoms with Gasteiger partial charge in [-0.15, -0.1) is 0 Å². The van der Waals surface area contributed by atoms with Crippen LogP contribution in [0.3, 0.4) is 0 Å². The molecule has 0 atom stereocenters. The molecule has 0 aliphatic heterocycles. The number of nitrogens with zero attached hydrogens (tertiary/aromatic N) is 4. The number of likely N-dealkylation sites (N-methyl/N-ethyl adjacent to an activating group) is 1. The topological polar surface area (TPSA) is 269 Å². The van der Waals surface area contributed by atoms with Crippen molar-refractivity contribution in [2.24, 2.45) is 0 Å². The second kappa shape index (κ2) is 17.9. The lowest BCUT2D eigenvalue weighted by Gasteiger charge is -2.20. The first-order valence-electron chi connectivity index (χ1n) is 12.9. The fourth-order valence-corrected chi connectivity index (χ4v) is 4.32. The van der Waals surface area contributed by atoms with E-state index in [0.717, 1.165) is 5.39 Å². The van der Waals surface area contributed by atoms with E-state index in [0.29, 0.717) is 66.9 Å². The summed E-state index contributed by atoms with van der Waals surface area (Å²) in [6.07, 6.45) is 2.15. The van der Waals surface area contributed by atoms with Crippen molar-refractivity contribution < 1.29 is 49.2 Å². The second-order valence-electron chi connectivity index (χ2n) is 9.00. The Hall–Kier alpha value is -4.06. The number of anilines is 3. The zero-order chi connectivity index (χ0) is 29.2. The molecule has 0 fully saturated rings. The highest BCUT2D eigenvalue weighted by Crippen LogP contribution is 2.35. The number of hydrogen-bond acceptors (Lipinski definition) is 9. The van der Waals surface area contributed by atoms with Crippen LogP contribution >= 0.6 is 7.82 Å². The highest BCUT2D eigenvalue weighted by molar-refractivity contribution is 7.46. The maximum absolute atomic E-state index is 13.3. The van der Waals surface area contributed by atoms with Crippen molar-refractivity contribution in [3.63, 3.8) is 0 Å². The van der Waals surface area contributed by atoms with Crippen LogP contribution in [0.15, 0.2) is 54.9 Å². The minimum atomic E-state index is -4.46. The van der Waals surface area contributed by atoms with Gasteiger partial charge in [-0.25, -0.2) is 18.9 Å². The molecule has 2 heterocycles. The number of nitrogens with one attached hydrogen (secondary N) is 3. The smallest absolute Gasteiger partial charge is 0.469 e. The Morgan fingerprint density at radius 1 is 1.07 bits per heavy atom. The largest absolute Gasteiger partial charge is 0.493 e. The third-order valence-electron chi connectivity index (χ3n) is 5.95. The van der Waals surface area contributed by atoms with Crippen LogP contribution in [0, 0.1) is 5.82 Å². The third kappa shape index (κ3) is 11.9. The van der Waals surface area contributed by atoms with Gasteiger partial charge < -0.3 is 46.5 Å². The molecular formula is C26H37FN7O9P. The number of rotatable bonds is 15. The molecule has 4 aromatic rings. The van der Waals surface area contributed by atoms with E-state index in [2.05, 4.69) is 35.3 Å². The lowest BCUT2D eigenvalue weighted by molar-refractivity contribution is -0.115. The molecule has 0 spiro atoms. The van der Waals surface area contributed by atoms with Gasteiger partial charge in [-0.1, -0.05) is 13.0 Å². The average Bonchev–Trinajstić information content (AvgIpc) is 3.35. The van der Waals surface area contributed by atoms with Crippen LogP contribution in [0.4, 0.5) is 21.7 Å². The number of fused-ring (bicyclic) bond motifs is 1. The number of aromatic nitrogens is 4. The molecule has 18 heteroatoms. The van der Waals surface area contributed by atoms with E-state index < -0.39 is 13.6 Å². The van der Waals surface area contributed by atoms with E-state index in [4.69, 9.17) is 14.5 Å². The molecule has 0 aliphatic carbocycles. The number of phosphoric acid groups is 1. The first-order chi connectivity index (χ1) is 19.7. The Kier molecular flexibility index (Phi) is 15.5. The van der Waals surface area contributed by atoms with Gasteiger partial charge >= 0.3 is 7.82 Å². The molecule has 0 aliphatic rings. The maximum atomic E-state index is 13.3. The number of aromatic amines is 1. The molecule has 242 valence electrons. The quantitative estimate of drug-likeness (QED) is 0.0907. The Morgan fingerprint density at radius 2 is 1.86 bits per heavy atom. The van der Waals surface area contributed by atoms with E-state index in [1.54, 1.807) is 18.2 Å². The van der Waals surface area contributed by atoms with Gasteiger partial charge in [-0.05, 0) is 43.3 Å². The van der Waals surface area contributed by atoms with E-state index in [9.17, 15) is 13.8 Å². The molecule has 44 heavy (non-hydrogen) atoms. The summed E-state index contributed by atoms with van der Waals surface area (Å²) in [6, 6.07) is 12.8. The summed E-state index contributed by atoms with van der Waals surface area (Å²) in [5.74, 6) is 0.880. The number of halogens is 1. The van der Waals surface area contributed by atoms with Crippen LogP contribution in [-0.4, -0.2) is 90.0 Å². The van der Waals surface area contributed by atoms with E-state index >= 15 is 0 Å². The fourth-order valence-electron chi connectivity index (χ4n) is 4.00. The van der Waals surface area contributed by atoms with Crippen LogP contribution in [0.2, 0.25) is 0 Å². The number of ether oxygens (including phenoxy) is 1. The normalized spacial score (nSPS) is 10.8. The van der Waals surface area contributed by atoms with E-state index in [1.807, 2.05) is 24.0 Å². The van der Waals surface area contributed by atoms with Gasteiger partial charge in [0.05, 0.1) is 25.2 Å². The molecule has 0 radical (unpaired) electrons. The summed E-state index contributed by atoms with van der Waals surface area (Å²) in [5, 5.41) is 13.5. The lowest BCUT2D eigenvalue weighted by atomic mass is 10.2. The van der Waals surface area contributed by atoms with Crippen molar-refractivity contribution in [2.75, 3.05) is 43.5 Å². The Bertz CT molecular complexity index is 1520. The summed E-state index contributed by atoms with van der Waals surface area (Å²) >= 11 is 0. The second-order valence-corrected chi connectivity index (χ2v) is 10.2. The van der Waals surface area contributed by atoms with Gasteiger partial charge in [0.25, 0.3) is 0 Å². The first kappa shape index (κ1) is 38.0. The molecule has 2 aromatic carbocycles. The summed E-state index contributed by atoms with van der Waals surface area (Å²) in [7, 11) is -4.46. The number of hydrogen-bond donors (Lipinski definition) is 5. The molecule has 16 nitrogen and oxygen atoms in total. The van der Waals surface area contributed by atoms with Crippen molar-refractivity contribution >= 4 is 42.0 Å². The first-order valence-corrected chi connectivity index (χ1v) is 14.4. The van der Waals surface area contributed by atoms with Crippen LogP contribution in [0.25, 0.3) is 10.9 Å². The van der Waals surface area contributed by atoms with Crippen molar-refractivity contribution in [1.82, 2.24) is 25.1 Å². The maximum Gasteiger partial charge on any atom is 0.469 e. The minimum absolute atomic E-state index is 0. The fraction of sp³-hybridized carbons (Fsp3) is 0.308. The Morgan fingerprint density at radius 3 is 2.59 bits per heavy atom. The SMILES string of the molecule is CCN(CCCOc1ccc2c(Nc3cc(CC(=O)Nc4cccc(F)c4)[nH]n3)ncnc2c1)CCOP(=O)(O)O.O.O.O. The predicted molar refractivity (Wildman–Crippen MR) is 161 cm³/mol. The zero-order valence-corrected chi connectivity index (χ0v) is 24.7. The molecule has 0 saturated carbocycles. The number of carbonyl (C=O) groups is 1. The summed E-state index contributed by atoms with van der Waals surface area (Å²) < 4.78 is 34.5. The Labute approximate surface area is 251 Å². The number of amides is 1. The summed E-state index contributed by atoms with van der Waals surface area (Å²) in [4.78, 5) is 40.6. The molecule has 2 aromatic heterocycles. The van der Waals surface area contributed by atoms with E-state index in [-0.39, 0.29) is 35.4 Å². The van der Waals surface area contributed by atoms with Gasteiger partial charge in [-0.3, -0.25) is 14.4 Å². The van der Waals surface area contributed by atoms with Gasteiger partial charge in [-0.2, -0.15) is 5.10 Å². The third-order valence-corrected chi connectivity index (χ3v) is 6.47. The summed E-state index contributed by atoms with van der Waals surface area (Å²) in [5.41, 5.74) is 1.60. The highest BCUT2D eigenvalue weighted by Gasteiger charge is 2.14. The van der Waals surface area contributed by atoms with Crippen molar-refractivity contribution in [3.05, 3.63) is 66.4 Å². The van der Waals surface area contributed by atoms with Gasteiger partial charge in [0.1, 0.15) is 23.7 Å². The van der Waals surface area contributed by atoms with Gasteiger partial charge in [0.15, 0.2) is 5.82 Å². The molecule has 0 bridgehead atoms. The summed E-state index contributed by atoms with van der Waals surface area (Å²) in [6.45, 7) is 4.16.